The highest BCUT2D eigenvalue weighted by Crippen LogP contribution is 2.28. The second-order valence-electron chi connectivity index (χ2n) is 5.44. The number of nitrogens with one attached hydrogen (secondary N) is 2. The molecule has 1 amide bonds. The van der Waals surface area contributed by atoms with Crippen LogP contribution in [-0.2, 0) is 17.8 Å². The number of rotatable bonds is 4. The predicted molar refractivity (Wildman–Crippen MR) is 90.9 cm³/mol. The quantitative estimate of drug-likeness (QED) is 0.900. The van der Waals surface area contributed by atoms with Gasteiger partial charge >= 0.3 is 0 Å². The van der Waals surface area contributed by atoms with Crippen LogP contribution in [0.2, 0.25) is 5.02 Å². The minimum atomic E-state index is -0.250. The number of aromatic nitrogens is 1. The molecule has 1 aromatic heterocycles. The van der Waals surface area contributed by atoms with Crippen molar-refractivity contribution < 1.29 is 4.79 Å². The second kappa shape index (κ2) is 6.14. The van der Waals surface area contributed by atoms with Gasteiger partial charge in [0.05, 0.1) is 12.2 Å². The maximum absolute atomic E-state index is 12.3. The molecule has 3 rings (SSSR count). The van der Waals surface area contributed by atoms with E-state index in [1.807, 2.05) is 42.6 Å². The SMILES string of the molecule is CN(C)c1nc(CNC(=O)[C@H]2Cc3cc(Cl)ccc3N2)cs1. The fraction of sp³-hybridized carbons (Fsp3) is 0.333. The summed E-state index contributed by atoms with van der Waals surface area (Å²) in [6.45, 7) is 0.443. The summed E-state index contributed by atoms with van der Waals surface area (Å²) in [5.41, 5.74) is 2.94. The summed E-state index contributed by atoms with van der Waals surface area (Å²) in [5.74, 6) is -0.0216. The zero-order valence-electron chi connectivity index (χ0n) is 12.4. The molecule has 0 fully saturated rings. The first-order valence-corrected chi connectivity index (χ1v) is 8.23. The number of hydrogen-bond acceptors (Lipinski definition) is 5. The minimum absolute atomic E-state index is 0.0216. The molecule has 0 radical (unpaired) electrons. The number of fused-ring (bicyclic) bond motifs is 1. The Hall–Kier alpha value is -1.79. The van der Waals surface area contributed by atoms with Gasteiger partial charge in [0, 0.05) is 36.6 Å². The van der Waals surface area contributed by atoms with Crippen molar-refractivity contribution in [2.24, 2.45) is 0 Å². The van der Waals surface area contributed by atoms with E-state index in [9.17, 15) is 4.79 Å². The van der Waals surface area contributed by atoms with Gasteiger partial charge in [-0.25, -0.2) is 4.98 Å². The normalized spacial score (nSPS) is 16.0. The predicted octanol–water partition coefficient (Wildman–Crippen LogP) is 2.52. The number of carbonyl (C=O) groups is 1. The molecule has 0 bridgehead atoms. The molecule has 0 aliphatic carbocycles. The van der Waals surface area contributed by atoms with Gasteiger partial charge in [-0.3, -0.25) is 4.79 Å². The average Bonchev–Trinajstić information content (AvgIpc) is 3.10. The second-order valence-corrected chi connectivity index (χ2v) is 6.71. The number of nitrogens with zero attached hydrogens (tertiary/aromatic N) is 2. The summed E-state index contributed by atoms with van der Waals surface area (Å²) in [5, 5.41) is 9.75. The molecule has 7 heteroatoms. The van der Waals surface area contributed by atoms with Gasteiger partial charge in [0.25, 0.3) is 0 Å². The Morgan fingerprint density at radius 2 is 2.36 bits per heavy atom. The van der Waals surface area contributed by atoms with Crippen molar-refractivity contribution in [3.8, 4) is 0 Å². The van der Waals surface area contributed by atoms with Crippen LogP contribution in [0, 0.1) is 0 Å². The molecule has 0 saturated carbocycles. The van der Waals surface area contributed by atoms with E-state index in [1.54, 1.807) is 11.3 Å². The Bertz CT molecular complexity index is 701. The van der Waals surface area contributed by atoms with Crippen LogP contribution in [0.5, 0.6) is 0 Å². The van der Waals surface area contributed by atoms with Gasteiger partial charge in [-0.2, -0.15) is 0 Å². The van der Waals surface area contributed by atoms with E-state index in [0.717, 1.165) is 22.1 Å². The highest BCUT2D eigenvalue weighted by Gasteiger charge is 2.26. The maximum Gasteiger partial charge on any atom is 0.243 e. The van der Waals surface area contributed by atoms with Crippen LogP contribution < -0.4 is 15.5 Å². The number of halogens is 1. The highest BCUT2D eigenvalue weighted by atomic mass is 35.5. The smallest absolute Gasteiger partial charge is 0.243 e. The lowest BCUT2D eigenvalue weighted by molar-refractivity contribution is -0.121. The van der Waals surface area contributed by atoms with Crippen molar-refractivity contribution in [2.75, 3.05) is 24.3 Å². The first-order chi connectivity index (χ1) is 10.5. The van der Waals surface area contributed by atoms with E-state index < -0.39 is 0 Å². The summed E-state index contributed by atoms with van der Waals surface area (Å²) in [6, 6.07) is 5.39. The van der Waals surface area contributed by atoms with Gasteiger partial charge in [-0.1, -0.05) is 11.6 Å². The van der Waals surface area contributed by atoms with Gasteiger partial charge in [0.15, 0.2) is 5.13 Å². The third-order valence-corrected chi connectivity index (χ3v) is 4.80. The summed E-state index contributed by atoms with van der Waals surface area (Å²) in [7, 11) is 3.90. The lowest BCUT2D eigenvalue weighted by atomic mass is 10.1. The van der Waals surface area contributed by atoms with Crippen LogP contribution in [0.1, 0.15) is 11.3 Å². The van der Waals surface area contributed by atoms with Crippen LogP contribution >= 0.6 is 22.9 Å². The Balaban J connectivity index is 1.57. The third kappa shape index (κ3) is 3.18. The molecule has 22 heavy (non-hydrogen) atoms. The molecule has 0 unspecified atom stereocenters. The number of anilines is 2. The molecule has 0 spiro atoms. The van der Waals surface area contributed by atoms with Crippen molar-refractivity contribution in [3.05, 3.63) is 39.9 Å². The fourth-order valence-corrected chi connectivity index (χ4v) is 3.33. The number of benzene rings is 1. The first kappa shape index (κ1) is 15.1. The largest absolute Gasteiger partial charge is 0.373 e. The molecule has 1 aliphatic heterocycles. The van der Waals surface area contributed by atoms with Crippen LogP contribution in [0.3, 0.4) is 0 Å². The van der Waals surface area contributed by atoms with Crippen molar-refractivity contribution in [3.63, 3.8) is 0 Å². The standard InChI is InChI=1S/C15H17ClN4OS/c1-20(2)15-18-11(8-22-15)7-17-14(21)13-6-9-5-10(16)3-4-12(9)19-13/h3-5,8,13,19H,6-7H2,1-2H3,(H,17,21)/t13-/m1/s1. The van der Waals surface area contributed by atoms with Gasteiger partial charge in [-0.15, -0.1) is 11.3 Å². The Labute approximate surface area is 138 Å². The van der Waals surface area contributed by atoms with Gasteiger partial charge < -0.3 is 15.5 Å². The molecule has 2 heterocycles. The highest BCUT2D eigenvalue weighted by molar-refractivity contribution is 7.13. The number of amides is 1. The Kier molecular flexibility index (Phi) is 4.22. The zero-order valence-corrected chi connectivity index (χ0v) is 14.0. The van der Waals surface area contributed by atoms with Gasteiger partial charge in [0.1, 0.15) is 6.04 Å². The van der Waals surface area contributed by atoms with Crippen molar-refractivity contribution in [1.82, 2.24) is 10.3 Å². The molecule has 2 N–H and O–H groups in total. The minimum Gasteiger partial charge on any atom is -0.373 e. The third-order valence-electron chi connectivity index (χ3n) is 3.50. The van der Waals surface area contributed by atoms with E-state index in [0.29, 0.717) is 18.0 Å². The molecule has 2 aromatic rings. The Morgan fingerprint density at radius 3 is 3.09 bits per heavy atom. The number of hydrogen-bond donors (Lipinski definition) is 2. The summed E-state index contributed by atoms with van der Waals surface area (Å²) < 4.78 is 0. The molecular weight excluding hydrogens is 320 g/mol. The first-order valence-electron chi connectivity index (χ1n) is 6.97. The van der Waals surface area contributed by atoms with Crippen LogP contribution in [-0.4, -0.2) is 31.0 Å². The van der Waals surface area contributed by atoms with Crippen LogP contribution in [0.15, 0.2) is 23.6 Å². The molecular formula is C15H17ClN4OS. The summed E-state index contributed by atoms with van der Waals surface area (Å²) in [4.78, 5) is 18.7. The maximum atomic E-state index is 12.3. The summed E-state index contributed by atoms with van der Waals surface area (Å²) >= 11 is 7.55. The molecule has 1 aromatic carbocycles. The lowest BCUT2D eigenvalue weighted by Gasteiger charge is -2.11. The van der Waals surface area contributed by atoms with Crippen LogP contribution in [0.4, 0.5) is 10.8 Å². The fourth-order valence-electron chi connectivity index (χ4n) is 2.37. The van der Waals surface area contributed by atoms with Gasteiger partial charge in [-0.05, 0) is 23.8 Å². The van der Waals surface area contributed by atoms with E-state index in [2.05, 4.69) is 15.6 Å². The van der Waals surface area contributed by atoms with E-state index in [1.165, 1.54) is 0 Å². The number of thiazole rings is 1. The van der Waals surface area contributed by atoms with Crippen molar-refractivity contribution in [1.29, 1.82) is 0 Å². The van der Waals surface area contributed by atoms with E-state index in [4.69, 9.17) is 11.6 Å². The van der Waals surface area contributed by atoms with E-state index >= 15 is 0 Å². The molecule has 116 valence electrons. The monoisotopic (exact) mass is 336 g/mol. The average molecular weight is 337 g/mol. The molecule has 1 atom stereocenters. The lowest BCUT2D eigenvalue weighted by Crippen LogP contribution is -2.38. The molecule has 5 nitrogen and oxygen atoms in total. The summed E-state index contributed by atoms with van der Waals surface area (Å²) in [6.07, 6.45) is 0.655. The van der Waals surface area contributed by atoms with Crippen LogP contribution in [0.25, 0.3) is 0 Å². The van der Waals surface area contributed by atoms with Gasteiger partial charge in [0.2, 0.25) is 5.91 Å². The molecule has 0 saturated heterocycles. The zero-order chi connectivity index (χ0) is 15.7. The van der Waals surface area contributed by atoms with E-state index in [-0.39, 0.29) is 11.9 Å². The molecule has 1 aliphatic rings. The Morgan fingerprint density at radius 1 is 1.55 bits per heavy atom. The van der Waals surface area contributed by atoms with Crippen molar-refractivity contribution in [2.45, 2.75) is 19.0 Å². The van der Waals surface area contributed by atoms with Crippen molar-refractivity contribution >= 4 is 39.7 Å². The number of carbonyl (C=O) groups excluding carboxylic acids is 1. The topological polar surface area (TPSA) is 57.3 Å².